The molecule has 5 rings (SSSR count). The number of rotatable bonds is 7. The van der Waals surface area contributed by atoms with Crippen LogP contribution in [0.2, 0.25) is 5.02 Å². The Morgan fingerprint density at radius 1 is 1.11 bits per heavy atom. The zero-order valence-electron chi connectivity index (χ0n) is 27.6. The summed E-state index contributed by atoms with van der Waals surface area (Å²) in [5, 5.41) is 1.29. The maximum Gasteiger partial charge on any atom is 0.326 e. The molecule has 1 aromatic heterocycles. The van der Waals surface area contributed by atoms with Gasteiger partial charge in [0.2, 0.25) is 5.91 Å². The van der Waals surface area contributed by atoms with Gasteiger partial charge in [0.1, 0.15) is 11.6 Å². The Bertz CT molecular complexity index is 1570. The lowest BCUT2D eigenvalue weighted by atomic mass is 9.66. The quantitative estimate of drug-likeness (QED) is 0.329. The minimum Gasteiger partial charge on any atom is -0.493 e. The second-order valence-corrected chi connectivity index (χ2v) is 14.8. The van der Waals surface area contributed by atoms with E-state index in [1.807, 2.05) is 59.2 Å². The average molecular weight is 667 g/mol. The number of benzene rings is 1. The second kappa shape index (κ2) is 13.0. The molecule has 1 unspecified atom stereocenters. The molecule has 8 nitrogen and oxygen atoms in total. The lowest BCUT2D eigenvalue weighted by Crippen LogP contribution is -2.61. The predicted molar refractivity (Wildman–Crippen MR) is 184 cm³/mol. The van der Waals surface area contributed by atoms with Gasteiger partial charge in [-0.15, -0.1) is 0 Å². The third kappa shape index (κ3) is 6.30. The van der Waals surface area contributed by atoms with E-state index in [2.05, 4.69) is 40.7 Å². The molecule has 1 fully saturated rings. The number of amidine groups is 1. The Labute approximate surface area is 282 Å². The first-order chi connectivity index (χ1) is 21.7. The van der Waals surface area contributed by atoms with Crippen molar-refractivity contribution in [2.45, 2.75) is 83.7 Å². The van der Waals surface area contributed by atoms with Crippen LogP contribution in [0, 0.1) is 11.8 Å². The number of nitrogens with two attached hydrogens (primary N) is 1. The molecule has 0 bridgehead atoms. The van der Waals surface area contributed by atoms with Crippen LogP contribution in [-0.4, -0.2) is 57.8 Å². The Kier molecular flexibility index (Phi) is 9.63. The second-order valence-electron chi connectivity index (χ2n) is 13.9. The third-order valence-electron chi connectivity index (χ3n) is 9.91. The first-order valence-electron chi connectivity index (χ1n) is 16.1. The van der Waals surface area contributed by atoms with Gasteiger partial charge in [0, 0.05) is 58.9 Å². The highest BCUT2D eigenvalue weighted by Crippen LogP contribution is 2.54. The SMILES string of the molecule is CCOc1cc(C(C)(C)C)ncc1C1=N[C@@](C)(C2C=CC(Cl)=CC2)[C@@](C)(c2ccc(Cl)cc2)N1C(=O)N1CCC(CC(N)=O)CC1. The number of carbonyl (C=O) groups excluding carboxylic acids is 2. The fourth-order valence-corrected chi connectivity index (χ4v) is 7.26. The number of allylic oxidation sites excluding steroid dienone is 3. The van der Waals surface area contributed by atoms with Crippen LogP contribution in [-0.2, 0) is 15.7 Å². The first kappa shape index (κ1) is 34.0. The fraction of sp³-hybridized carbons (Fsp3) is 0.500. The van der Waals surface area contributed by atoms with E-state index in [4.69, 9.17) is 43.6 Å². The van der Waals surface area contributed by atoms with Gasteiger partial charge in [0.15, 0.2) is 0 Å². The number of ether oxygens (including phenoxy) is 1. The third-order valence-corrected chi connectivity index (χ3v) is 10.4. The number of halogens is 2. The van der Waals surface area contributed by atoms with E-state index in [1.165, 1.54) is 0 Å². The van der Waals surface area contributed by atoms with E-state index in [1.54, 1.807) is 6.20 Å². The van der Waals surface area contributed by atoms with Crippen molar-refractivity contribution in [2.24, 2.45) is 22.6 Å². The minimum absolute atomic E-state index is 0.0814. The summed E-state index contributed by atoms with van der Waals surface area (Å²) >= 11 is 12.8. The minimum atomic E-state index is -0.951. The van der Waals surface area contributed by atoms with Crippen molar-refractivity contribution in [1.82, 2.24) is 14.8 Å². The highest BCUT2D eigenvalue weighted by atomic mass is 35.5. The van der Waals surface area contributed by atoms with Crippen molar-refractivity contribution in [1.29, 1.82) is 0 Å². The van der Waals surface area contributed by atoms with Gasteiger partial charge in [-0.3, -0.25) is 19.7 Å². The van der Waals surface area contributed by atoms with Gasteiger partial charge in [-0.2, -0.15) is 0 Å². The van der Waals surface area contributed by atoms with Crippen molar-refractivity contribution in [3.63, 3.8) is 0 Å². The molecule has 2 N–H and O–H groups in total. The van der Waals surface area contributed by atoms with E-state index < -0.39 is 11.1 Å². The number of piperidine rings is 1. The van der Waals surface area contributed by atoms with Crippen molar-refractivity contribution >= 4 is 41.0 Å². The molecule has 246 valence electrons. The van der Waals surface area contributed by atoms with E-state index in [0.29, 0.717) is 72.6 Å². The number of hydrogen-bond acceptors (Lipinski definition) is 5. The Morgan fingerprint density at radius 2 is 1.78 bits per heavy atom. The summed E-state index contributed by atoms with van der Waals surface area (Å²) in [6, 6.07) is 9.50. The first-order valence-corrected chi connectivity index (χ1v) is 16.9. The van der Waals surface area contributed by atoms with Crippen LogP contribution in [0.15, 0.2) is 64.8 Å². The van der Waals surface area contributed by atoms with Crippen LogP contribution in [0.4, 0.5) is 4.79 Å². The number of primary amides is 1. The molecule has 0 saturated carbocycles. The van der Waals surface area contributed by atoms with Crippen molar-refractivity contribution in [3.05, 3.63) is 81.6 Å². The predicted octanol–water partition coefficient (Wildman–Crippen LogP) is 7.57. The molecule has 10 heteroatoms. The molecule has 0 spiro atoms. The summed E-state index contributed by atoms with van der Waals surface area (Å²) in [4.78, 5) is 40.8. The van der Waals surface area contributed by atoms with Crippen LogP contribution in [0.5, 0.6) is 5.75 Å². The smallest absolute Gasteiger partial charge is 0.326 e. The van der Waals surface area contributed by atoms with Crippen molar-refractivity contribution in [3.8, 4) is 5.75 Å². The maximum atomic E-state index is 15.0. The van der Waals surface area contributed by atoms with Crippen LogP contribution >= 0.6 is 23.2 Å². The number of nitrogens with zero attached hydrogens (tertiary/aromatic N) is 4. The number of urea groups is 1. The number of aromatic nitrogens is 1. The van der Waals surface area contributed by atoms with Gasteiger partial charge < -0.3 is 15.4 Å². The number of likely N-dealkylation sites (tertiary alicyclic amines) is 1. The molecule has 1 saturated heterocycles. The Balaban J connectivity index is 1.71. The lowest BCUT2D eigenvalue weighted by molar-refractivity contribution is -0.119. The molecular formula is C36H45Cl2N5O3. The van der Waals surface area contributed by atoms with Crippen molar-refractivity contribution in [2.75, 3.05) is 19.7 Å². The number of hydrogen-bond donors (Lipinski definition) is 1. The van der Waals surface area contributed by atoms with Gasteiger partial charge in [-0.25, -0.2) is 4.79 Å². The lowest BCUT2D eigenvalue weighted by Gasteiger charge is -2.49. The number of carbonyl (C=O) groups is 2. The Hall–Kier alpha value is -3.36. The van der Waals surface area contributed by atoms with Crippen LogP contribution < -0.4 is 10.5 Å². The van der Waals surface area contributed by atoms with Crippen LogP contribution in [0.1, 0.15) is 84.0 Å². The maximum absolute atomic E-state index is 15.0. The largest absolute Gasteiger partial charge is 0.493 e. The van der Waals surface area contributed by atoms with Gasteiger partial charge >= 0.3 is 6.03 Å². The zero-order valence-corrected chi connectivity index (χ0v) is 29.2. The van der Waals surface area contributed by atoms with Crippen LogP contribution in [0.25, 0.3) is 0 Å². The summed E-state index contributed by atoms with van der Waals surface area (Å²) in [6.45, 7) is 13.9. The summed E-state index contributed by atoms with van der Waals surface area (Å²) in [5.74, 6) is 0.902. The van der Waals surface area contributed by atoms with E-state index in [9.17, 15) is 4.79 Å². The van der Waals surface area contributed by atoms with E-state index in [0.717, 1.165) is 11.3 Å². The highest BCUT2D eigenvalue weighted by molar-refractivity contribution is 6.31. The highest BCUT2D eigenvalue weighted by Gasteiger charge is 2.62. The molecule has 2 aliphatic heterocycles. The average Bonchev–Trinajstić information content (AvgIpc) is 3.25. The molecule has 2 aromatic rings. The molecular weight excluding hydrogens is 621 g/mol. The van der Waals surface area contributed by atoms with E-state index in [-0.39, 0.29) is 29.2 Å². The molecule has 3 amide bonds. The zero-order chi connectivity index (χ0) is 33.4. The van der Waals surface area contributed by atoms with E-state index >= 15 is 4.79 Å². The molecule has 3 heterocycles. The van der Waals surface area contributed by atoms with Gasteiger partial charge in [-0.05, 0) is 69.7 Å². The summed E-state index contributed by atoms with van der Waals surface area (Å²) in [7, 11) is 0. The monoisotopic (exact) mass is 665 g/mol. The standard InChI is InChI=1S/C36H45Cl2N5O3/c1-7-46-29-21-30(34(2,3)4)40-22-28(29)32-41-35(5,24-8-12-26(37)13-9-24)36(6,25-10-14-27(38)15-11-25)43(32)33(45)42-18-16-23(17-19-42)20-31(39)44/h8,10-15,21-24H,7,9,16-20H2,1-6H3,(H2,39,44)/t24?,35-,36+/m0/s1. The number of aliphatic imine (C=N–C) groups is 1. The van der Waals surface area contributed by atoms with Crippen LogP contribution in [0.3, 0.4) is 0 Å². The summed E-state index contributed by atoms with van der Waals surface area (Å²) < 4.78 is 6.25. The topological polar surface area (TPSA) is 101 Å². The molecule has 3 atom stereocenters. The number of pyridine rings is 1. The molecule has 1 aliphatic carbocycles. The molecule has 46 heavy (non-hydrogen) atoms. The van der Waals surface area contributed by atoms with Gasteiger partial charge in [0.05, 0.1) is 23.2 Å². The van der Waals surface area contributed by atoms with Gasteiger partial charge in [-0.1, -0.05) is 68.3 Å². The Morgan fingerprint density at radius 3 is 2.35 bits per heavy atom. The molecule has 0 radical (unpaired) electrons. The summed E-state index contributed by atoms with van der Waals surface area (Å²) in [5.41, 5.74) is 5.96. The normalized spacial score (nSPS) is 25.3. The molecule has 1 aromatic carbocycles. The van der Waals surface area contributed by atoms with Gasteiger partial charge in [0.25, 0.3) is 0 Å². The number of amides is 3. The van der Waals surface area contributed by atoms with Crippen molar-refractivity contribution < 1.29 is 14.3 Å². The molecule has 3 aliphatic rings. The fourth-order valence-electron chi connectivity index (χ4n) is 6.97. The summed E-state index contributed by atoms with van der Waals surface area (Å²) in [6.07, 6.45) is 10.2.